The number of carbonyl (C=O) groups excluding carboxylic acids is 1. The predicted molar refractivity (Wildman–Crippen MR) is 54.6 cm³/mol. The van der Waals surface area contributed by atoms with Crippen molar-refractivity contribution in [1.29, 1.82) is 0 Å². The average molecular weight is 205 g/mol. The summed E-state index contributed by atoms with van der Waals surface area (Å²) in [7, 11) is 0. The number of carbonyl (C=O) groups is 1. The highest BCUT2D eigenvalue weighted by atomic mass is 16.3. The minimum absolute atomic E-state index is 0.333. The SMILES string of the molecule is CC(C)(O)C(=O)c1ccc2ncoc2c1. The molecule has 0 saturated heterocycles. The quantitative estimate of drug-likeness (QED) is 0.759. The lowest BCUT2D eigenvalue weighted by Crippen LogP contribution is -2.30. The second kappa shape index (κ2) is 3.17. The van der Waals surface area contributed by atoms with E-state index in [1.165, 1.54) is 20.2 Å². The van der Waals surface area contributed by atoms with Gasteiger partial charge < -0.3 is 9.52 Å². The van der Waals surface area contributed by atoms with Gasteiger partial charge in [-0.25, -0.2) is 4.98 Å². The molecule has 1 aromatic carbocycles. The van der Waals surface area contributed by atoms with Gasteiger partial charge in [0.1, 0.15) is 11.1 Å². The molecule has 0 unspecified atom stereocenters. The first kappa shape index (κ1) is 9.86. The van der Waals surface area contributed by atoms with Crippen LogP contribution < -0.4 is 0 Å². The van der Waals surface area contributed by atoms with Crippen LogP contribution in [0.15, 0.2) is 29.0 Å². The van der Waals surface area contributed by atoms with E-state index in [2.05, 4.69) is 4.98 Å². The molecule has 1 N–H and O–H groups in total. The van der Waals surface area contributed by atoms with Gasteiger partial charge >= 0.3 is 0 Å². The molecule has 4 nitrogen and oxygen atoms in total. The van der Waals surface area contributed by atoms with Gasteiger partial charge in [-0.15, -0.1) is 0 Å². The van der Waals surface area contributed by atoms with E-state index in [4.69, 9.17) is 4.42 Å². The minimum atomic E-state index is -1.37. The van der Waals surface area contributed by atoms with Gasteiger partial charge in [-0.05, 0) is 32.0 Å². The zero-order chi connectivity index (χ0) is 11.1. The summed E-state index contributed by atoms with van der Waals surface area (Å²) in [4.78, 5) is 15.7. The van der Waals surface area contributed by atoms with E-state index in [0.29, 0.717) is 16.7 Å². The van der Waals surface area contributed by atoms with Crippen molar-refractivity contribution in [3.05, 3.63) is 30.2 Å². The fraction of sp³-hybridized carbons (Fsp3) is 0.273. The Kier molecular flexibility index (Phi) is 2.08. The van der Waals surface area contributed by atoms with E-state index >= 15 is 0 Å². The number of rotatable bonds is 2. The van der Waals surface area contributed by atoms with Crippen LogP contribution >= 0.6 is 0 Å². The third-order valence-electron chi connectivity index (χ3n) is 2.15. The average Bonchev–Trinajstić information content (AvgIpc) is 2.61. The molecular formula is C11H11NO3. The molecule has 2 aromatic rings. The summed E-state index contributed by atoms with van der Waals surface area (Å²) in [6.45, 7) is 2.92. The van der Waals surface area contributed by atoms with Gasteiger partial charge in [0.05, 0.1) is 0 Å². The van der Waals surface area contributed by atoms with E-state index < -0.39 is 5.60 Å². The number of nitrogens with zero attached hydrogens (tertiary/aromatic N) is 1. The van der Waals surface area contributed by atoms with Crippen LogP contribution in [-0.2, 0) is 0 Å². The zero-order valence-electron chi connectivity index (χ0n) is 8.52. The van der Waals surface area contributed by atoms with Crippen molar-refractivity contribution in [3.63, 3.8) is 0 Å². The third-order valence-corrected chi connectivity index (χ3v) is 2.15. The van der Waals surface area contributed by atoms with Crippen LogP contribution in [0.1, 0.15) is 24.2 Å². The number of hydrogen-bond acceptors (Lipinski definition) is 4. The molecular weight excluding hydrogens is 194 g/mol. The monoisotopic (exact) mass is 205 g/mol. The Morgan fingerprint density at radius 1 is 1.47 bits per heavy atom. The summed E-state index contributed by atoms with van der Waals surface area (Å²) >= 11 is 0. The van der Waals surface area contributed by atoms with E-state index in [1.807, 2.05) is 0 Å². The molecule has 0 aliphatic carbocycles. The minimum Gasteiger partial charge on any atom is -0.443 e. The number of oxazole rings is 1. The number of ketones is 1. The van der Waals surface area contributed by atoms with Crippen molar-refractivity contribution < 1.29 is 14.3 Å². The first-order valence-electron chi connectivity index (χ1n) is 4.59. The van der Waals surface area contributed by atoms with E-state index in [9.17, 15) is 9.90 Å². The molecule has 0 radical (unpaired) electrons. The molecule has 0 atom stereocenters. The van der Waals surface area contributed by atoms with Crippen molar-refractivity contribution in [2.24, 2.45) is 0 Å². The Balaban J connectivity index is 2.49. The normalized spacial score (nSPS) is 11.9. The van der Waals surface area contributed by atoms with Crippen LogP contribution in [0.3, 0.4) is 0 Å². The smallest absolute Gasteiger partial charge is 0.193 e. The largest absolute Gasteiger partial charge is 0.443 e. The highest BCUT2D eigenvalue weighted by molar-refractivity contribution is 6.03. The Bertz CT molecular complexity index is 508. The topological polar surface area (TPSA) is 63.3 Å². The van der Waals surface area contributed by atoms with Crippen LogP contribution in [-0.4, -0.2) is 21.5 Å². The molecule has 0 bridgehead atoms. The van der Waals surface area contributed by atoms with Crippen molar-refractivity contribution in [2.45, 2.75) is 19.4 Å². The maximum absolute atomic E-state index is 11.7. The highest BCUT2D eigenvalue weighted by Crippen LogP contribution is 2.18. The van der Waals surface area contributed by atoms with Crippen molar-refractivity contribution in [2.75, 3.05) is 0 Å². The molecule has 0 fully saturated rings. The van der Waals surface area contributed by atoms with Gasteiger partial charge in [0.2, 0.25) is 0 Å². The highest BCUT2D eigenvalue weighted by Gasteiger charge is 2.25. The Hall–Kier alpha value is -1.68. The van der Waals surface area contributed by atoms with Crippen molar-refractivity contribution in [3.8, 4) is 0 Å². The maximum Gasteiger partial charge on any atom is 0.193 e. The molecule has 2 rings (SSSR count). The molecule has 15 heavy (non-hydrogen) atoms. The third kappa shape index (κ3) is 1.76. The van der Waals surface area contributed by atoms with E-state index in [-0.39, 0.29) is 5.78 Å². The van der Waals surface area contributed by atoms with Crippen LogP contribution in [0.4, 0.5) is 0 Å². The summed E-state index contributed by atoms with van der Waals surface area (Å²) in [5.41, 5.74) is 0.299. The fourth-order valence-electron chi connectivity index (χ4n) is 1.35. The standard InChI is InChI=1S/C11H11NO3/c1-11(2,14)10(13)7-3-4-8-9(5-7)15-6-12-8/h3-6,14H,1-2H3. The zero-order valence-corrected chi connectivity index (χ0v) is 8.52. The Morgan fingerprint density at radius 2 is 2.20 bits per heavy atom. The lowest BCUT2D eigenvalue weighted by molar-refractivity contribution is 0.0488. The second-order valence-corrected chi connectivity index (χ2v) is 3.92. The van der Waals surface area contributed by atoms with Gasteiger partial charge in [0.25, 0.3) is 0 Å². The van der Waals surface area contributed by atoms with Crippen LogP contribution in [0.5, 0.6) is 0 Å². The maximum atomic E-state index is 11.7. The van der Waals surface area contributed by atoms with E-state index in [0.717, 1.165) is 0 Å². The first-order valence-corrected chi connectivity index (χ1v) is 4.59. The Labute approximate surface area is 86.5 Å². The van der Waals surface area contributed by atoms with Crippen molar-refractivity contribution >= 4 is 16.9 Å². The Morgan fingerprint density at radius 3 is 2.87 bits per heavy atom. The summed E-state index contributed by atoms with van der Waals surface area (Å²) in [5, 5.41) is 9.57. The number of aliphatic hydroxyl groups is 1. The van der Waals surface area contributed by atoms with Gasteiger partial charge in [0, 0.05) is 5.56 Å². The number of benzene rings is 1. The molecule has 4 heteroatoms. The lowest BCUT2D eigenvalue weighted by Gasteiger charge is -2.14. The fourth-order valence-corrected chi connectivity index (χ4v) is 1.35. The van der Waals surface area contributed by atoms with Gasteiger partial charge in [-0.2, -0.15) is 0 Å². The first-order chi connectivity index (χ1) is 6.98. The predicted octanol–water partition coefficient (Wildman–Crippen LogP) is 1.78. The molecule has 78 valence electrons. The summed E-state index contributed by atoms with van der Waals surface area (Å²) < 4.78 is 5.08. The number of aromatic nitrogens is 1. The summed E-state index contributed by atoms with van der Waals surface area (Å²) in [5.74, 6) is -0.333. The molecule has 0 aliphatic heterocycles. The van der Waals surface area contributed by atoms with Crippen LogP contribution in [0, 0.1) is 0 Å². The summed E-state index contributed by atoms with van der Waals surface area (Å²) in [6.07, 6.45) is 1.32. The lowest BCUT2D eigenvalue weighted by atomic mass is 9.97. The molecule has 1 heterocycles. The molecule has 0 saturated carbocycles. The van der Waals surface area contributed by atoms with E-state index in [1.54, 1.807) is 18.2 Å². The summed E-state index contributed by atoms with van der Waals surface area (Å²) in [6, 6.07) is 4.91. The van der Waals surface area contributed by atoms with Crippen LogP contribution in [0.25, 0.3) is 11.1 Å². The van der Waals surface area contributed by atoms with Gasteiger partial charge in [-0.3, -0.25) is 4.79 Å². The number of Topliss-reactive ketones (excluding diaryl/α,β-unsaturated/α-hetero) is 1. The molecule has 0 aliphatic rings. The number of fused-ring (bicyclic) bond motifs is 1. The second-order valence-electron chi connectivity index (χ2n) is 3.92. The molecule has 0 amide bonds. The van der Waals surface area contributed by atoms with Gasteiger partial charge in [0.15, 0.2) is 17.8 Å². The van der Waals surface area contributed by atoms with Crippen LogP contribution in [0.2, 0.25) is 0 Å². The van der Waals surface area contributed by atoms with Crippen molar-refractivity contribution in [1.82, 2.24) is 4.98 Å². The number of hydrogen-bond donors (Lipinski definition) is 1. The van der Waals surface area contributed by atoms with Gasteiger partial charge in [-0.1, -0.05) is 0 Å². The molecule has 1 aromatic heterocycles. The molecule has 0 spiro atoms.